The molecule has 2 aliphatic rings. The van der Waals surface area contributed by atoms with E-state index in [1.54, 1.807) is 12.4 Å². The molecule has 2 aromatic heterocycles. The smallest absolute Gasteiger partial charge is 0.256 e. The van der Waals surface area contributed by atoms with Gasteiger partial charge in [-0.2, -0.15) is 0 Å². The highest BCUT2D eigenvalue weighted by molar-refractivity contribution is 6.06. The summed E-state index contributed by atoms with van der Waals surface area (Å²) in [5.41, 5.74) is 1.61. The number of nitrogens with one attached hydrogen (secondary N) is 1. The molecule has 1 atom stereocenters. The summed E-state index contributed by atoms with van der Waals surface area (Å²) in [6.07, 6.45) is 9.06. The van der Waals surface area contributed by atoms with Crippen LogP contribution in [0.1, 0.15) is 36.0 Å². The molecule has 4 heterocycles. The van der Waals surface area contributed by atoms with Gasteiger partial charge in [0.2, 0.25) is 0 Å². The minimum Gasteiger partial charge on any atom is -0.394 e. The van der Waals surface area contributed by atoms with E-state index in [4.69, 9.17) is 4.74 Å². The zero-order chi connectivity index (χ0) is 16.6. The molecule has 0 saturated carbocycles. The molecule has 0 aromatic carbocycles. The van der Waals surface area contributed by atoms with Crippen LogP contribution in [0.2, 0.25) is 0 Å². The first kappa shape index (κ1) is 15.6. The first-order chi connectivity index (χ1) is 11.7. The summed E-state index contributed by atoms with van der Waals surface area (Å²) in [5.74, 6) is -0.0303. The summed E-state index contributed by atoms with van der Waals surface area (Å²) in [4.78, 5) is 22.4. The van der Waals surface area contributed by atoms with Crippen LogP contribution in [-0.2, 0) is 4.74 Å². The van der Waals surface area contributed by atoms with Gasteiger partial charge in [0.05, 0.1) is 29.9 Å². The fourth-order valence-corrected chi connectivity index (χ4v) is 4.14. The molecule has 6 nitrogen and oxygen atoms in total. The Kier molecular flexibility index (Phi) is 4.02. The quantitative estimate of drug-likeness (QED) is 0.883. The van der Waals surface area contributed by atoms with Crippen LogP contribution < -0.4 is 0 Å². The second-order valence-electron chi connectivity index (χ2n) is 7.05. The van der Waals surface area contributed by atoms with E-state index in [1.807, 2.05) is 17.2 Å². The van der Waals surface area contributed by atoms with Gasteiger partial charge >= 0.3 is 0 Å². The van der Waals surface area contributed by atoms with E-state index >= 15 is 0 Å². The zero-order valence-electron chi connectivity index (χ0n) is 13.7. The Balaban J connectivity index is 1.66. The van der Waals surface area contributed by atoms with Crippen molar-refractivity contribution in [3.8, 4) is 0 Å². The average molecular weight is 329 g/mol. The van der Waals surface area contributed by atoms with Crippen LogP contribution in [0, 0.1) is 5.41 Å². The van der Waals surface area contributed by atoms with Gasteiger partial charge < -0.3 is 19.7 Å². The Bertz CT molecular complexity index is 736. The number of ether oxygens (including phenoxy) is 1. The van der Waals surface area contributed by atoms with Crippen molar-refractivity contribution in [2.24, 2.45) is 5.41 Å². The number of aromatic nitrogens is 2. The second-order valence-corrected chi connectivity index (χ2v) is 7.05. The molecule has 1 amide bonds. The third-order valence-corrected chi connectivity index (χ3v) is 5.69. The van der Waals surface area contributed by atoms with E-state index < -0.39 is 0 Å². The van der Waals surface area contributed by atoms with Crippen molar-refractivity contribution in [1.29, 1.82) is 0 Å². The molecule has 128 valence electrons. The summed E-state index contributed by atoms with van der Waals surface area (Å²) >= 11 is 0. The first-order valence-corrected chi connectivity index (χ1v) is 8.63. The molecule has 0 aliphatic carbocycles. The summed E-state index contributed by atoms with van der Waals surface area (Å²) < 4.78 is 5.51. The van der Waals surface area contributed by atoms with E-state index in [1.165, 1.54) is 0 Å². The van der Waals surface area contributed by atoms with Gasteiger partial charge in [-0.05, 0) is 37.2 Å². The third-order valence-electron chi connectivity index (χ3n) is 5.69. The SMILES string of the molecule is O=C(c1cncc2[nH]ccc12)N1CC2(CCOCC2)CCC1CO. The molecule has 2 N–H and O–H groups in total. The Labute approximate surface area is 140 Å². The first-order valence-electron chi connectivity index (χ1n) is 8.63. The topological polar surface area (TPSA) is 78.5 Å². The summed E-state index contributed by atoms with van der Waals surface area (Å²) in [6, 6.07) is 1.80. The molecule has 1 spiro atoms. The molecule has 24 heavy (non-hydrogen) atoms. The molecule has 2 saturated heterocycles. The molecule has 6 heteroatoms. The Hall–Kier alpha value is -1.92. The monoisotopic (exact) mass is 329 g/mol. The number of amides is 1. The van der Waals surface area contributed by atoms with Gasteiger partial charge in [0.25, 0.3) is 5.91 Å². The van der Waals surface area contributed by atoms with Crippen LogP contribution in [0.3, 0.4) is 0 Å². The number of fused-ring (bicyclic) bond motifs is 1. The summed E-state index contributed by atoms with van der Waals surface area (Å²) in [7, 11) is 0. The van der Waals surface area contributed by atoms with Gasteiger partial charge in [0.15, 0.2) is 0 Å². The number of carbonyl (C=O) groups is 1. The van der Waals surface area contributed by atoms with Crippen molar-refractivity contribution in [1.82, 2.24) is 14.9 Å². The van der Waals surface area contributed by atoms with E-state index in [9.17, 15) is 9.90 Å². The number of hydrogen-bond donors (Lipinski definition) is 2. The molecule has 2 fully saturated rings. The van der Waals surface area contributed by atoms with Crippen molar-refractivity contribution in [2.75, 3.05) is 26.4 Å². The van der Waals surface area contributed by atoms with Gasteiger partial charge in [-0.1, -0.05) is 0 Å². The second kappa shape index (κ2) is 6.18. The van der Waals surface area contributed by atoms with Crippen LogP contribution in [-0.4, -0.2) is 58.3 Å². The number of aliphatic hydroxyl groups excluding tert-OH is 1. The zero-order valence-corrected chi connectivity index (χ0v) is 13.7. The Morgan fingerprint density at radius 3 is 3.00 bits per heavy atom. The van der Waals surface area contributed by atoms with Crippen molar-refractivity contribution in [3.63, 3.8) is 0 Å². The van der Waals surface area contributed by atoms with Gasteiger partial charge in [-0.3, -0.25) is 9.78 Å². The number of aliphatic hydroxyl groups is 1. The molecule has 2 aliphatic heterocycles. The molecule has 1 unspecified atom stereocenters. The Morgan fingerprint density at radius 2 is 2.21 bits per heavy atom. The number of H-pyrrole nitrogens is 1. The average Bonchev–Trinajstić information content (AvgIpc) is 3.10. The van der Waals surface area contributed by atoms with Crippen LogP contribution in [0.15, 0.2) is 24.7 Å². The number of carbonyl (C=O) groups excluding carboxylic acids is 1. The number of likely N-dealkylation sites (tertiary alicyclic amines) is 1. The predicted octanol–water partition coefficient (Wildman–Crippen LogP) is 1.96. The van der Waals surface area contributed by atoms with E-state index in [-0.39, 0.29) is 24.0 Å². The minimum atomic E-state index is -0.111. The number of rotatable bonds is 2. The van der Waals surface area contributed by atoms with Crippen molar-refractivity contribution in [3.05, 3.63) is 30.2 Å². The largest absolute Gasteiger partial charge is 0.394 e. The van der Waals surface area contributed by atoms with E-state index in [0.29, 0.717) is 12.1 Å². The molecule has 2 aromatic rings. The van der Waals surface area contributed by atoms with Gasteiger partial charge in [-0.25, -0.2) is 0 Å². The van der Waals surface area contributed by atoms with Gasteiger partial charge in [0, 0.05) is 37.5 Å². The maximum absolute atomic E-state index is 13.2. The van der Waals surface area contributed by atoms with Gasteiger partial charge in [0.1, 0.15) is 0 Å². The maximum atomic E-state index is 13.2. The van der Waals surface area contributed by atoms with Crippen molar-refractivity contribution in [2.45, 2.75) is 31.7 Å². The molecular weight excluding hydrogens is 306 g/mol. The third kappa shape index (κ3) is 2.59. The van der Waals surface area contributed by atoms with Gasteiger partial charge in [-0.15, -0.1) is 0 Å². The summed E-state index contributed by atoms with van der Waals surface area (Å²) in [6.45, 7) is 2.23. The van der Waals surface area contributed by atoms with Crippen molar-refractivity contribution >= 4 is 16.8 Å². The standard InChI is InChI=1S/C18H23N3O3/c22-11-13-1-3-18(4-7-24-8-5-18)12-21(13)17(23)15-9-19-10-16-14(15)2-6-20-16/h2,6,9-10,13,20,22H,1,3-5,7-8,11-12H2. The highest BCUT2D eigenvalue weighted by Gasteiger charge is 2.42. The molecular formula is C18H23N3O3. The molecule has 0 bridgehead atoms. The number of nitrogens with zero attached hydrogens (tertiary/aromatic N) is 2. The minimum absolute atomic E-state index is 0.00879. The lowest BCUT2D eigenvalue weighted by Crippen LogP contribution is -2.54. The highest BCUT2D eigenvalue weighted by atomic mass is 16.5. The van der Waals surface area contributed by atoms with Crippen LogP contribution >= 0.6 is 0 Å². The van der Waals surface area contributed by atoms with Crippen molar-refractivity contribution < 1.29 is 14.6 Å². The van der Waals surface area contributed by atoms with Crippen LogP contribution in [0.25, 0.3) is 10.9 Å². The lowest BCUT2D eigenvalue weighted by molar-refractivity contribution is -0.0435. The fraction of sp³-hybridized carbons (Fsp3) is 0.556. The Morgan fingerprint density at radius 1 is 1.38 bits per heavy atom. The number of piperidine rings is 1. The maximum Gasteiger partial charge on any atom is 0.256 e. The summed E-state index contributed by atoms with van der Waals surface area (Å²) in [5, 5.41) is 10.7. The fourth-order valence-electron chi connectivity index (χ4n) is 4.14. The lowest BCUT2D eigenvalue weighted by atomic mass is 9.72. The highest BCUT2D eigenvalue weighted by Crippen LogP contribution is 2.41. The van der Waals surface area contributed by atoms with Crippen LogP contribution in [0.5, 0.6) is 0 Å². The molecule has 4 rings (SSSR count). The van der Waals surface area contributed by atoms with E-state index in [0.717, 1.165) is 49.8 Å². The van der Waals surface area contributed by atoms with Crippen LogP contribution in [0.4, 0.5) is 0 Å². The van der Waals surface area contributed by atoms with E-state index in [2.05, 4.69) is 9.97 Å². The normalized spacial score (nSPS) is 23.7. The lowest BCUT2D eigenvalue weighted by Gasteiger charge is -2.48. The number of hydrogen-bond acceptors (Lipinski definition) is 4. The number of aromatic amines is 1. The predicted molar refractivity (Wildman–Crippen MR) is 89.7 cm³/mol. The molecule has 0 radical (unpaired) electrons. The number of pyridine rings is 1.